The molecular formula is C19H15N3O3S. The first-order valence-corrected chi connectivity index (χ1v) is 8.76. The van der Waals surface area contributed by atoms with Crippen molar-refractivity contribution in [3.8, 4) is 21.8 Å². The average molecular weight is 365 g/mol. The molecule has 0 bridgehead atoms. The van der Waals surface area contributed by atoms with E-state index in [1.54, 1.807) is 13.2 Å². The number of rotatable bonds is 3. The number of carboxylic acid groups (broad SMARTS) is 1. The molecule has 3 aromatic heterocycles. The van der Waals surface area contributed by atoms with E-state index in [2.05, 4.69) is 9.97 Å². The molecule has 3 heterocycles. The predicted molar refractivity (Wildman–Crippen MR) is 102 cm³/mol. The number of carbonyl (C=O) groups is 1. The first kappa shape index (κ1) is 16.3. The van der Waals surface area contributed by atoms with Gasteiger partial charge in [-0.3, -0.25) is 4.79 Å². The van der Waals surface area contributed by atoms with Crippen LogP contribution in [0, 0.1) is 6.92 Å². The highest BCUT2D eigenvalue weighted by molar-refractivity contribution is 7.22. The van der Waals surface area contributed by atoms with Crippen LogP contribution in [0.2, 0.25) is 0 Å². The number of thiophene rings is 1. The van der Waals surface area contributed by atoms with E-state index in [0.29, 0.717) is 21.6 Å². The Bertz CT molecular complexity index is 1200. The standard InChI is InChI=1S/C19H15N3O3S/c1-10-14-17(23)20-16(12-8-13(19(24)25)22(2)9-12)21-18(14)26-15(10)11-6-4-3-5-7-11/h3-9H,1-2H3,(H,24,25)(H,20,21,23). The van der Waals surface area contributed by atoms with Gasteiger partial charge in [0.25, 0.3) is 5.56 Å². The van der Waals surface area contributed by atoms with Crippen molar-refractivity contribution in [2.24, 2.45) is 7.05 Å². The van der Waals surface area contributed by atoms with Gasteiger partial charge < -0.3 is 14.7 Å². The Balaban J connectivity index is 1.91. The van der Waals surface area contributed by atoms with Crippen LogP contribution in [0.15, 0.2) is 47.4 Å². The van der Waals surface area contributed by atoms with Gasteiger partial charge in [-0.15, -0.1) is 11.3 Å². The summed E-state index contributed by atoms with van der Waals surface area (Å²) in [6.45, 7) is 1.92. The van der Waals surface area contributed by atoms with Gasteiger partial charge in [-0.2, -0.15) is 0 Å². The number of aromatic carboxylic acids is 1. The third-order valence-corrected chi connectivity index (χ3v) is 5.57. The van der Waals surface area contributed by atoms with Crippen molar-refractivity contribution in [2.45, 2.75) is 6.92 Å². The monoisotopic (exact) mass is 365 g/mol. The van der Waals surface area contributed by atoms with Crippen LogP contribution in [0.4, 0.5) is 0 Å². The van der Waals surface area contributed by atoms with Gasteiger partial charge in [0.2, 0.25) is 0 Å². The van der Waals surface area contributed by atoms with Crippen LogP contribution in [0.3, 0.4) is 0 Å². The summed E-state index contributed by atoms with van der Waals surface area (Å²) in [6, 6.07) is 11.4. The topological polar surface area (TPSA) is 88.0 Å². The molecule has 0 fully saturated rings. The third kappa shape index (κ3) is 2.53. The minimum atomic E-state index is -1.03. The fraction of sp³-hybridized carbons (Fsp3) is 0.105. The number of hydrogen-bond acceptors (Lipinski definition) is 4. The number of aryl methyl sites for hydroxylation is 2. The molecule has 4 rings (SSSR count). The second-order valence-electron chi connectivity index (χ2n) is 6.05. The molecule has 0 aliphatic rings. The van der Waals surface area contributed by atoms with Crippen molar-refractivity contribution < 1.29 is 9.90 Å². The molecule has 0 spiro atoms. The fourth-order valence-corrected chi connectivity index (χ4v) is 4.24. The van der Waals surface area contributed by atoms with E-state index in [1.807, 2.05) is 37.3 Å². The van der Waals surface area contributed by atoms with E-state index < -0.39 is 5.97 Å². The molecule has 130 valence electrons. The van der Waals surface area contributed by atoms with Gasteiger partial charge in [0, 0.05) is 23.7 Å². The lowest BCUT2D eigenvalue weighted by atomic mass is 10.1. The number of hydrogen-bond donors (Lipinski definition) is 2. The number of H-pyrrole nitrogens is 1. The molecule has 7 heteroatoms. The summed E-state index contributed by atoms with van der Waals surface area (Å²) < 4.78 is 1.50. The fourth-order valence-electron chi connectivity index (χ4n) is 3.05. The minimum Gasteiger partial charge on any atom is -0.477 e. The zero-order valence-corrected chi connectivity index (χ0v) is 14.9. The second-order valence-corrected chi connectivity index (χ2v) is 7.05. The van der Waals surface area contributed by atoms with E-state index in [0.717, 1.165) is 16.0 Å². The summed E-state index contributed by atoms with van der Waals surface area (Å²) in [6.07, 6.45) is 1.64. The lowest BCUT2D eigenvalue weighted by Gasteiger charge is -1.98. The molecule has 0 amide bonds. The number of benzene rings is 1. The number of nitrogens with one attached hydrogen (secondary N) is 1. The maximum absolute atomic E-state index is 12.7. The number of fused-ring (bicyclic) bond motifs is 1. The smallest absolute Gasteiger partial charge is 0.352 e. The highest BCUT2D eigenvalue weighted by Crippen LogP contribution is 2.36. The van der Waals surface area contributed by atoms with E-state index >= 15 is 0 Å². The van der Waals surface area contributed by atoms with Gasteiger partial charge in [-0.25, -0.2) is 9.78 Å². The normalized spacial score (nSPS) is 11.2. The summed E-state index contributed by atoms with van der Waals surface area (Å²) in [4.78, 5) is 32.9. The van der Waals surface area contributed by atoms with Crippen molar-refractivity contribution in [1.82, 2.24) is 14.5 Å². The predicted octanol–water partition coefficient (Wildman–Crippen LogP) is 3.66. The molecule has 6 nitrogen and oxygen atoms in total. The van der Waals surface area contributed by atoms with Crippen molar-refractivity contribution in [3.05, 3.63) is 64.2 Å². The molecule has 0 saturated heterocycles. The van der Waals surface area contributed by atoms with Gasteiger partial charge in [0.15, 0.2) is 0 Å². The van der Waals surface area contributed by atoms with Gasteiger partial charge in [-0.1, -0.05) is 30.3 Å². The molecule has 0 aliphatic carbocycles. The van der Waals surface area contributed by atoms with Gasteiger partial charge >= 0.3 is 5.97 Å². The zero-order valence-electron chi connectivity index (χ0n) is 14.1. The molecule has 0 atom stereocenters. The molecule has 4 aromatic rings. The van der Waals surface area contributed by atoms with E-state index in [9.17, 15) is 14.7 Å². The number of nitrogens with zero attached hydrogens (tertiary/aromatic N) is 2. The lowest BCUT2D eigenvalue weighted by Crippen LogP contribution is -2.08. The molecule has 0 unspecified atom stereocenters. The summed E-state index contributed by atoms with van der Waals surface area (Å²) in [5, 5.41) is 9.78. The number of aromatic nitrogens is 3. The van der Waals surface area contributed by atoms with Crippen molar-refractivity contribution in [2.75, 3.05) is 0 Å². The maximum Gasteiger partial charge on any atom is 0.352 e. The average Bonchev–Trinajstić information content (AvgIpc) is 3.16. The van der Waals surface area contributed by atoms with Gasteiger partial charge in [-0.05, 0) is 24.1 Å². The summed E-state index contributed by atoms with van der Waals surface area (Å²) in [5.74, 6) is -0.660. The summed E-state index contributed by atoms with van der Waals surface area (Å²) in [5.41, 5.74) is 2.42. The highest BCUT2D eigenvalue weighted by atomic mass is 32.1. The summed E-state index contributed by atoms with van der Waals surface area (Å²) >= 11 is 1.46. The zero-order chi connectivity index (χ0) is 18.4. The molecule has 0 saturated carbocycles. The maximum atomic E-state index is 12.7. The van der Waals surface area contributed by atoms with Crippen LogP contribution in [-0.2, 0) is 7.05 Å². The van der Waals surface area contributed by atoms with Crippen LogP contribution in [0.25, 0.3) is 32.0 Å². The first-order valence-electron chi connectivity index (χ1n) is 7.94. The highest BCUT2D eigenvalue weighted by Gasteiger charge is 2.18. The summed E-state index contributed by atoms with van der Waals surface area (Å²) in [7, 11) is 1.65. The largest absolute Gasteiger partial charge is 0.477 e. The lowest BCUT2D eigenvalue weighted by molar-refractivity contribution is 0.0686. The Morgan fingerprint density at radius 3 is 2.62 bits per heavy atom. The first-order chi connectivity index (χ1) is 12.5. The molecule has 2 N–H and O–H groups in total. The molecule has 26 heavy (non-hydrogen) atoms. The van der Waals surface area contributed by atoms with E-state index in [4.69, 9.17) is 0 Å². The third-order valence-electron chi connectivity index (χ3n) is 4.33. The van der Waals surface area contributed by atoms with Gasteiger partial charge in [0.1, 0.15) is 16.3 Å². The SMILES string of the molecule is Cc1c(-c2ccccc2)sc2nc(-c3cc(C(=O)O)n(C)c3)[nH]c(=O)c12. The van der Waals surface area contributed by atoms with Crippen LogP contribution in [0.1, 0.15) is 16.1 Å². The molecule has 0 radical (unpaired) electrons. The van der Waals surface area contributed by atoms with Gasteiger partial charge in [0.05, 0.1) is 5.39 Å². The Morgan fingerprint density at radius 1 is 1.23 bits per heavy atom. The van der Waals surface area contributed by atoms with Crippen LogP contribution in [-0.4, -0.2) is 25.6 Å². The second kappa shape index (κ2) is 5.96. The Morgan fingerprint density at radius 2 is 1.96 bits per heavy atom. The van der Waals surface area contributed by atoms with Crippen LogP contribution >= 0.6 is 11.3 Å². The van der Waals surface area contributed by atoms with E-state index in [-0.39, 0.29) is 11.3 Å². The Kier molecular flexibility index (Phi) is 3.73. The molecule has 0 aliphatic heterocycles. The van der Waals surface area contributed by atoms with E-state index in [1.165, 1.54) is 22.0 Å². The molecular weight excluding hydrogens is 350 g/mol. The number of carboxylic acids is 1. The van der Waals surface area contributed by atoms with Crippen molar-refractivity contribution in [3.63, 3.8) is 0 Å². The number of aromatic amines is 1. The minimum absolute atomic E-state index is 0.134. The Labute approximate surface area is 152 Å². The van der Waals surface area contributed by atoms with Crippen LogP contribution in [0.5, 0.6) is 0 Å². The van der Waals surface area contributed by atoms with Crippen molar-refractivity contribution >= 4 is 27.5 Å². The molecule has 1 aromatic carbocycles. The Hall–Kier alpha value is -3.19. The van der Waals surface area contributed by atoms with Crippen molar-refractivity contribution in [1.29, 1.82) is 0 Å². The quantitative estimate of drug-likeness (QED) is 0.580. The van der Waals surface area contributed by atoms with Crippen LogP contribution < -0.4 is 5.56 Å².